The second-order valence-electron chi connectivity index (χ2n) is 6.51. The molecular formula is C18H26N6. The van der Waals surface area contributed by atoms with Gasteiger partial charge in [-0.3, -0.25) is 4.90 Å². The molecule has 3 rings (SSSR count). The van der Waals surface area contributed by atoms with E-state index in [-0.39, 0.29) is 6.04 Å². The van der Waals surface area contributed by atoms with Gasteiger partial charge in [0, 0.05) is 38.8 Å². The predicted molar refractivity (Wildman–Crippen MR) is 99.1 cm³/mol. The SMILES string of the molecule is CC(C)Nc1ncnc(N2CCN(Cc3ccccc3)CC2)c1N. The van der Waals surface area contributed by atoms with Crippen LogP contribution in [0.5, 0.6) is 0 Å². The Bertz CT molecular complexity index is 650. The minimum atomic E-state index is 0.290. The van der Waals surface area contributed by atoms with Crippen molar-refractivity contribution in [2.45, 2.75) is 26.4 Å². The van der Waals surface area contributed by atoms with Crippen LogP contribution in [0.4, 0.5) is 17.3 Å². The van der Waals surface area contributed by atoms with Gasteiger partial charge in [0.2, 0.25) is 0 Å². The van der Waals surface area contributed by atoms with Gasteiger partial charge in [0.15, 0.2) is 11.6 Å². The van der Waals surface area contributed by atoms with E-state index in [1.807, 2.05) is 0 Å². The lowest BCUT2D eigenvalue weighted by Crippen LogP contribution is -2.46. The van der Waals surface area contributed by atoms with E-state index in [0.717, 1.165) is 44.4 Å². The van der Waals surface area contributed by atoms with Gasteiger partial charge in [0.1, 0.15) is 12.0 Å². The van der Waals surface area contributed by atoms with Crippen LogP contribution < -0.4 is 16.0 Å². The van der Waals surface area contributed by atoms with Crippen molar-refractivity contribution in [3.8, 4) is 0 Å². The van der Waals surface area contributed by atoms with Crippen LogP contribution in [-0.2, 0) is 6.54 Å². The molecule has 1 aliphatic heterocycles. The highest BCUT2D eigenvalue weighted by atomic mass is 15.3. The van der Waals surface area contributed by atoms with Crippen molar-refractivity contribution in [1.82, 2.24) is 14.9 Å². The Morgan fingerprint density at radius 2 is 1.79 bits per heavy atom. The maximum Gasteiger partial charge on any atom is 0.157 e. The second kappa shape index (κ2) is 7.49. The van der Waals surface area contributed by atoms with Crippen LogP contribution in [0.3, 0.4) is 0 Å². The summed E-state index contributed by atoms with van der Waals surface area (Å²) in [6, 6.07) is 10.9. The molecule has 1 fully saturated rings. The van der Waals surface area contributed by atoms with E-state index in [2.05, 4.69) is 69.3 Å². The average molecular weight is 326 g/mol. The molecule has 6 nitrogen and oxygen atoms in total. The van der Waals surface area contributed by atoms with Crippen LogP contribution in [0.1, 0.15) is 19.4 Å². The number of nitrogens with zero attached hydrogens (tertiary/aromatic N) is 4. The lowest BCUT2D eigenvalue weighted by atomic mass is 10.2. The van der Waals surface area contributed by atoms with Crippen molar-refractivity contribution in [1.29, 1.82) is 0 Å². The van der Waals surface area contributed by atoms with E-state index in [1.165, 1.54) is 5.56 Å². The first-order chi connectivity index (χ1) is 11.6. The van der Waals surface area contributed by atoms with Gasteiger partial charge < -0.3 is 16.0 Å². The Kier molecular flexibility index (Phi) is 5.15. The molecule has 2 heterocycles. The van der Waals surface area contributed by atoms with Crippen LogP contribution in [0, 0.1) is 0 Å². The largest absolute Gasteiger partial charge is 0.393 e. The molecule has 1 aromatic heterocycles. The number of piperazine rings is 1. The predicted octanol–water partition coefficient (Wildman–Crippen LogP) is 2.20. The van der Waals surface area contributed by atoms with Crippen LogP contribution in [0.25, 0.3) is 0 Å². The number of nitrogen functional groups attached to an aromatic ring is 1. The van der Waals surface area contributed by atoms with Gasteiger partial charge in [-0.25, -0.2) is 9.97 Å². The molecule has 6 heteroatoms. The molecule has 0 radical (unpaired) electrons. The maximum absolute atomic E-state index is 6.28. The van der Waals surface area contributed by atoms with Gasteiger partial charge in [0.05, 0.1) is 0 Å². The summed E-state index contributed by atoms with van der Waals surface area (Å²) in [5.41, 5.74) is 8.28. The number of anilines is 3. The first-order valence-corrected chi connectivity index (χ1v) is 8.51. The monoisotopic (exact) mass is 326 g/mol. The molecule has 0 aliphatic carbocycles. The molecule has 0 amide bonds. The lowest BCUT2D eigenvalue weighted by molar-refractivity contribution is 0.249. The topological polar surface area (TPSA) is 70.3 Å². The molecule has 0 saturated carbocycles. The highest BCUT2D eigenvalue weighted by Gasteiger charge is 2.21. The van der Waals surface area contributed by atoms with Gasteiger partial charge in [-0.2, -0.15) is 0 Å². The van der Waals surface area contributed by atoms with Crippen molar-refractivity contribution in [2.24, 2.45) is 0 Å². The number of hydrogen-bond donors (Lipinski definition) is 2. The van der Waals surface area contributed by atoms with Crippen LogP contribution in [-0.4, -0.2) is 47.1 Å². The number of rotatable bonds is 5. The number of nitrogens with one attached hydrogen (secondary N) is 1. The smallest absolute Gasteiger partial charge is 0.157 e. The molecule has 128 valence electrons. The molecule has 24 heavy (non-hydrogen) atoms. The summed E-state index contributed by atoms with van der Waals surface area (Å²) in [6.45, 7) is 9.00. The number of nitrogens with two attached hydrogens (primary N) is 1. The summed E-state index contributed by atoms with van der Waals surface area (Å²) in [7, 11) is 0. The van der Waals surface area contributed by atoms with Crippen molar-refractivity contribution in [3.05, 3.63) is 42.2 Å². The minimum absolute atomic E-state index is 0.290. The van der Waals surface area contributed by atoms with Crippen molar-refractivity contribution >= 4 is 17.3 Å². The summed E-state index contributed by atoms with van der Waals surface area (Å²) in [4.78, 5) is 13.4. The van der Waals surface area contributed by atoms with Crippen LogP contribution in [0.15, 0.2) is 36.7 Å². The number of benzene rings is 1. The van der Waals surface area contributed by atoms with E-state index in [4.69, 9.17) is 5.73 Å². The van der Waals surface area contributed by atoms with Crippen LogP contribution >= 0.6 is 0 Å². The zero-order chi connectivity index (χ0) is 16.9. The molecule has 3 N–H and O–H groups in total. The molecule has 1 aromatic carbocycles. The third-order valence-electron chi connectivity index (χ3n) is 4.21. The zero-order valence-corrected chi connectivity index (χ0v) is 14.4. The van der Waals surface area contributed by atoms with Crippen molar-refractivity contribution in [2.75, 3.05) is 42.1 Å². The van der Waals surface area contributed by atoms with E-state index >= 15 is 0 Å². The zero-order valence-electron chi connectivity index (χ0n) is 14.4. The first kappa shape index (κ1) is 16.5. The minimum Gasteiger partial charge on any atom is -0.393 e. The summed E-state index contributed by atoms with van der Waals surface area (Å²) in [6.07, 6.45) is 1.59. The number of aromatic nitrogens is 2. The Labute approximate surface area is 143 Å². The summed E-state index contributed by atoms with van der Waals surface area (Å²) >= 11 is 0. The number of hydrogen-bond acceptors (Lipinski definition) is 6. The highest BCUT2D eigenvalue weighted by Crippen LogP contribution is 2.27. The van der Waals surface area contributed by atoms with Crippen LogP contribution in [0.2, 0.25) is 0 Å². The van der Waals surface area contributed by atoms with Gasteiger partial charge in [-0.15, -0.1) is 0 Å². The summed E-state index contributed by atoms with van der Waals surface area (Å²) < 4.78 is 0. The molecule has 2 aromatic rings. The van der Waals surface area contributed by atoms with Gasteiger partial charge in [-0.05, 0) is 19.4 Å². The fourth-order valence-corrected chi connectivity index (χ4v) is 2.99. The van der Waals surface area contributed by atoms with E-state index in [9.17, 15) is 0 Å². The molecule has 1 aliphatic rings. The molecule has 0 atom stereocenters. The van der Waals surface area contributed by atoms with E-state index < -0.39 is 0 Å². The third-order valence-corrected chi connectivity index (χ3v) is 4.21. The lowest BCUT2D eigenvalue weighted by Gasteiger charge is -2.36. The van der Waals surface area contributed by atoms with Gasteiger partial charge >= 0.3 is 0 Å². The Morgan fingerprint density at radius 1 is 1.08 bits per heavy atom. The molecule has 0 spiro atoms. The molecule has 1 saturated heterocycles. The van der Waals surface area contributed by atoms with E-state index in [1.54, 1.807) is 6.33 Å². The average Bonchev–Trinajstić information content (AvgIpc) is 2.58. The van der Waals surface area contributed by atoms with Crippen molar-refractivity contribution < 1.29 is 0 Å². The third kappa shape index (κ3) is 3.94. The fraction of sp³-hybridized carbons (Fsp3) is 0.444. The second-order valence-corrected chi connectivity index (χ2v) is 6.51. The fourth-order valence-electron chi connectivity index (χ4n) is 2.99. The normalized spacial score (nSPS) is 15.7. The molecule has 0 bridgehead atoms. The quantitative estimate of drug-likeness (QED) is 0.878. The van der Waals surface area contributed by atoms with Crippen molar-refractivity contribution in [3.63, 3.8) is 0 Å². The van der Waals surface area contributed by atoms with Gasteiger partial charge in [-0.1, -0.05) is 30.3 Å². The summed E-state index contributed by atoms with van der Waals surface area (Å²) in [5.74, 6) is 1.56. The highest BCUT2D eigenvalue weighted by molar-refractivity contribution is 5.75. The maximum atomic E-state index is 6.28. The molecule has 0 unspecified atom stereocenters. The Balaban J connectivity index is 1.62. The first-order valence-electron chi connectivity index (χ1n) is 8.51. The van der Waals surface area contributed by atoms with Gasteiger partial charge in [0.25, 0.3) is 0 Å². The standard InChI is InChI=1S/C18H26N6/c1-14(2)22-17-16(19)18(21-13-20-17)24-10-8-23(9-11-24)12-15-6-4-3-5-7-15/h3-7,13-14H,8-12,19H2,1-2H3,(H,20,21,22). The molecular weight excluding hydrogens is 300 g/mol. The Morgan fingerprint density at radius 3 is 2.46 bits per heavy atom. The van der Waals surface area contributed by atoms with E-state index in [0.29, 0.717) is 5.69 Å². The summed E-state index contributed by atoms with van der Waals surface area (Å²) in [5, 5.41) is 3.28. The Hall–Kier alpha value is -2.34.